The maximum atomic E-state index is 12.9. The molecule has 2 aromatic carbocycles. The third-order valence-corrected chi connectivity index (χ3v) is 5.74. The van der Waals surface area contributed by atoms with Gasteiger partial charge >= 0.3 is 5.97 Å². The van der Waals surface area contributed by atoms with Crippen LogP contribution in [0, 0.1) is 0 Å². The van der Waals surface area contributed by atoms with Gasteiger partial charge in [-0.1, -0.05) is 23.7 Å². The number of hydrogen-bond acceptors (Lipinski definition) is 6. The Morgan fingerprint density at radius 2 is 1.86 bits per heavy atom. The highest BCUT2D eigenvalue weighted by molar-refractivity contribution is 8.00. The van der Waals surface area contributed by atoms with Crippen molar-refractivity contribution in [2.75, 3.05) is 19.1 Å². The predicted octanol–water partition coefficient (Wildman–Crippen LogP) is 3.48. The molecule has 3 rings (SSSR count). The fourth-order valence-corrected chi connectivity index (χ4v) is 4.28. The van der Waals surface area contributed by atoms with Crippen LogP contribution in [-0.4, -0.2) is 42.4 Å². The van der Waals surface area contributed by atoms with Crippen molar-refractivity contribution in [3.05, 3.63) is 47.0 Å². The average molecular weight is 422 g/mol. The summed E-state index contributed by atoms with van der Waals surface area (Å²) in [5.41, 5.74) is 0.300. The molecule has 0 aromatic heterocycles. The molecule has 7 nitrogen and oxygen atoms in total. The first-order chi connectivity index (χ1) is 13.4. The molecule has 1 fully saturated rings. The van der Waals surface area contributed by atoms with Gasteiger partial charge in [-0.05, 0) is 18.2 Å². The smallest absolute Gasteiger partial charge is 0.336 e. The number of carboxylic acids is 1. The van der Waals surface area contributed by atoms with Crippen molar-refractivity contribution in [2.45, 2.75) is 16.6 Å². The largest absolute Gasteiger partial charge is 0.495 e. The topological polar surface area (TPSA) is 93.1 Å². The Bertz CT molecular complexity index is 963. The highest BCUT2D eigenvalue weighted by Crippen LogP contribution is 2.42. The first-order valence-corrected chi connectivity index (χ1v) is 9.40. The number of ether oxygens (including phenoxy) is 2. The molecule has 1 atom stereocenters. The number of carbonyl (C=O) groups is 3. The molecular weight excluding hydrogens is 406 g/mol. The summed E-state index contributed by atoms with van der Waals surface area (Å²) in [6.45, 7) is 0. The number of hydrogen-bond donors (Lipinski definition) is 1. The Morgan fingerprint density at radius 1 is 1.18 bits per heavy atom. The number of nitrogens with zero attached hydrogens (tertiary/aromatic N) is 1. The Balaban J connectivity index is 1.93. The SMILES string of the molecule is COc1cc(OC)c(N2C(=O)CC(Sc3ccccc3C(=O)O)C2=O)cc1Cl. The lowest BCUT2D eigenvalue weighted by Gasteiger charge is -2.19. The summed E-state index contributed by atoms with van der Waals surface area (Å²) in [7, 11) is 2.85. The molecule has 2 amide bonds. The molecule has 2 aromatic rings. The van der Waals surface area contributed by atoms with Gasteiger partial charge in [0, 0.05) is 17.4 Å². The van der Waals surface area contributed by atoms with Gasteiger partial charge in [0.15, 0.2) is 0 Å². The number of carboxylic acid groups (broad SMARTS) is 1. The number of carbonyl (C=O) groups excluding carboxylic acids is 2. The summed E-state index contributed by atoms with van der Waals surface area (Å²) in [6.07, 6.45) is -0.0652. The molecule has 146 valence electrons. The Hall–Kier alpha value is -2.71. The van der Waals surface area contributed by atoms with Gasteiger partial charge in [-0.2, -0.15) is 0 Å². The quantitative estimate of drug-likeness (QED) is 0.713. The fourth-order valence-electron chi connectivity index (χ4n) is 2.87. The Labute approximate surface area is 170 Å². The number of amides is 2. The molecule has 1 aliphatic heterocycles. The third-order valence-electron chi connectivity index (χ3n) is 4.19. The van der Waals surface area contributed by atoms with Crippen LogP contribution in [0.25, 0.3) is 0 Å². The van der Waals surface area contributed by atoms with Crippen molar-refractivity contribution in [3.8, 4) is 11.5 Å². The van der Waals surface area contributed by atoms with Crippen LogP contribution in [-0.2, 0) is 9.59 Å². The van der Waals surface area contributed by atoms with E-state index in [0.717, 1.165) is 16.7 Å². The number of thioether (sulfide) groups is 1. The zero-order valence-electron chi connectivity index (χ0n) is 15.0. The van der Waals surface area contributed by atoms with Gasteiger partial charge < -0.3 is 14.6 Å². The standard InChI is InChI=1S/C19H16ClNO6S/c1-26-13-8-14(27-2)12(7-11(13)20)21-17(22)9-16(18(21)23)28-15-6-4-3-5-10(15)19(24)25/h3-8,16H,9H2,1-2H3,(H,24,25). The molecule has 28 heavy (non-hydrogen) atoms. The Morgan fingerprint density at radius 3 is 2.50 bits per heavy atom. The van der Waals surface area contributed by atoms with E-state index in [9.17, 15) is 19.5 Å². The summed E-state index contributed by atoms with van der Waals surface area (Å²) >= 11 is 7.20. The summed E-state index contributed by atoms with van der Waals surface area (Å²) in [6, 6.07) is 9.28. The predicted molar refractivity (Wildman–Crippen MR) is 105 cm³/mol. The minimum atomic E-state index is -1.10. The van der Waals surface area contributed by atoms with E-state index in [-0.39, 0.29) is 28.4 Å². The van der Waals surface area contributed by atoms with Gasteiger partial charge in [0.05, 0.1) is 35.7 Å². The minimum absolute atomic E-state index is 0.0652. The molecular formula is C19H16ClNO6S. The van der Waals surface area contributed by atoms with Gasteiger partial charge in [0.25, 0.3) is 0 Å². The lowest BCUT2D eigenvalue weighted by atomic mass is 10.2. The van der Waals surface area contributed by atoms with Crippen LogP contribution in [0.4, 0.5) is 5.69 Å². The molecule has 0 bridgehead atoms. The van der Waals surface area contributed by atoms with Crippen LogP contribution in [0.3, 0.4) is 0 Å². The molecule has 0 spiro atoms. The molecule has 0 radical (unpaired) electrons. The van der Waals surface area contributed by atoms with E-state index in [1.54, 1.807) is 18.2 Å². The molecule has 0 aliphatic carbocycles. The number of aromatic carboxylic acids is 1. The monoisotopic (exact) mass is 421 g/mol. The van der Waals surface area contributed by atoms with E-state index in [4.69, 9.17) is 21.1 Å². The van der Waals surface area contributed by atoms with Crippen LogP contribution < -0.4 is 14.4 Å². The second-order valence-electron chi connectivity index (χ2n) is 5.84. The van der Waals surface area contributed by atoms with E-state index < -0.39 is 23.0 Å². The van der Waals surface area contributed by atoms with E-state index in [1.807, 2.05) is 0 Å². The lowest BCUT2D eigenvalue weighted by Crippen LogP contribution is -2.31. The highest BCUT2D eigenvalue weighted by atomic mass is 35.5. The van der Waals surface area contributed by atoms with E-state index in [1.165, 1.54) is 32.4 Å². The van der Waals surface area contributed by atoms with Gasteiger partial charge in [-0.25, -0.2) is 9.69 Å². The molecule has 1 unspecified atom stereocenters. The number of imide groups is 1. The van der Waals surface area contributed by atoms with Crippen LogP contribution in [0.5, 0.6) is 11.5 Å². The number of halogens is 1. The second kappa shape index (κ2) is 8.12. The first kappa shape index (κ1) is 20.0. The molecule has 9 heteroatoms. The van der Waals surface area contributed by atoms with E-state index >= 15 is 0 Å². The first-order valence-electron chi connectivity index (χ1n) is 8.14. The summed E-state index contributed by atoms with van der Waals surface area (Å²) in [5, 5.41) is 8.79. The Kier molecular flexibility index (Phi) is 5.81. The summed E-state index contributed by atoms with van der Waals surface area (Å²) in [5.74, 6) is -1.37. The van der Waals surface area contributed by atoms with Crippen LogP contribution in [0.15, 0.2) is 41.3 Å². The normalized spacial score (nSPS) is 16.4. The van der Waals surface area contributed by atoms with Gasteiger partial charge in [0.1, 0.15) is 11.5 Å². The van der Waals surface area contributed by atoms with Crippen molar-refractivity contribution in [2.24, 2.45) is 0 Å². The van der Waals surface area contributed by atoms with E-state index in [2.05, 4.69) is 0 Å². The maximum Gasteiger partial charge on any atom is 0.336 e. The molecule has 1 aliphatic rings. The number of anilines is 1. The number of benzene rings is 2. The third kappa shape index (κ3) is 3.65. The van der Waals surface area contributed by atoms with Crippen LogP contribution in [0.1, 0.15) is 16.8 Å². The molecule has 0 saturated carbocycles. The zero-order valence-corrected chi connectivity index (χ0v) is 16.5. The van der Waals surface area contributed by atoms with Gasteiger partial charge in [-0.3, -0.25) is 9.59 Å². The summed E-state index contributed by atoms with van der Waals surface area (Å²) in [4.78, 5) is 38.4. The van der Waals surface area contributed by atoms with Crippen molar-refractivity contribution >= 4 is 46.8 Å². The van der Waals surface area contributed by atoms with E-state index in [0.29, 0.717) is 10.6 Å². The maximum absolute atomic E-state index is 12.9. The van der Waals surface area contributed by atoms with Crippen molar-refractivity contribution in [1.29, 1.82) is 0 Å². The molecule has 1 heterocycles. The van der Waals surface area contributed by atoms with Gasteiger partial charge in [0.2, 0.25) is 11.8 Å². The fraction of sp³-hybridized carbons (Fsp3) is 0.211. The van der Waals surface area contributed by atoms with Crippen molar-refractivity contribution in [1.82, 2.24) is 0 Å². The number of methoxy groups -OCH3 is 2. The van der Waals surface area contributed by atoms with Crippen LogP contribution in [0.2, 0.25) is 5.02 Å². The van der Waals surface area contributed by atoms with Gasteiger partial charge in [-0.15, -0.1) is 11.8 Å². The average Bonchev–Trinajstić information content (AvgIpc) is 2.95. The minimum Gasteiger partial charge on any atom is -0.495 e. The summed E-state index contributed by atoms with van der Waals surface area (Å²) < 4.78 is 10.4. The highest BCUT2D eigenvalue weighted by Gasteiger charge is 2.42. The lowest BCUT2D eigenvalue weighted by molar-refractivity contribution is -0.121. The zero-order chi connectivity index (χ0) is 20.4. The van der Waals surface area contributed by atoms with Crippen LogP contribution >= 0.6 is 23.4 Å². The number of rotatable bonds is 6. The molecule has 1 N–H and O–H groups in total. The van der Waals surface area contributed by atoms with Crippen molar-refractivity contribution in [3.63, 3.8) is 0 Å². The molecule has 1 saturated heterocycles. The van der Waals surface area contributed by atoms with Crippen molar-refractivity contribution < 1.29 is 29.0 Å². The second-order valence-corrected chi connectivity index (χ2v) is 7.49.